The Bertz CT molecular complexity index is 990. The fourth-order valence-corrected chi connectivity index (χ4v) is 5.18. The molecule has 0 atom stereocenters. The highest BCUT2D eigenvalue weighted by atomic mass is 35.5. The normalized spacial score (nSPS) is 10.8. The number of aromatic nitrogens is 5. The third-order valence-corrected chi connectivity index (χ3v) is 7.07. The second-order valence-electron chi connectivity index (χ2n) is 5.74. The molecule has 1 N–H and O–H groups in total. The van der Waals surface area contributed by atoms with Crippen molar-refractivity contribution in [3.63, 3.8) is 0 Å². The highest BCUT2D eigenvalue weighted by Gasteiger charge is 2.14. The van der Waals surface area contributed by atoms with Crippen molar-refractivity contribution in [2.45, 2.75) is 35.1 Å². The number of nitrogens with zero attached hydrogens (tertiary/aromatic N) is 5. The molecule has 2 aromatic heterocycles. The minimum Gasteiger partial charge on any atom is -0.302 e. The molecule has 0 saturated carbocycles. The number of halogens is 1. The number of aryl methyl sites for hydroxylation is 1. The molecule has 3 aromatic rings. The van der Waals surface area contributed by atoms with Gasteiger partial charge in [-0.05, 0) is 11.6 Å². The van der Waals surface area contributed by atoms with Crippen LogP contribution in [0.4, 0.5) is 5.13 Å². The third-order valence-electron chi connectivity index (χ3n) is 3.72. The van der Waals surface area contributed by atoms with Crippen molar-refractivity contribution in [2.24, 2.45) is 0 Å². The monoisotopic (exact) mass is 466 g/mol. The molecule has 0 aliphatic heterocycles. The van der Waals surface area contributed by atoms with Crippen LogP contribution in [0.25, 0.3) is 0 Å². The number of amides is 1. The van der Waals surface area contributed by atoms with Crippen LogP contribution in [0.5, 0.6) is 0 Å². The first kappa shape index (κ1) is 21.8. The predicted octanol–water partition coefficient (Wildman–Crippen LogP) is 4.55. The van der Waals surface area contributed by atoms with Crippen molar-refractivity contribution in [1.29, 1.82) is 0 Å². The van der Waals surface area contributed by atoms with Crippen molar-refractivity contribution >= 4 is 57.5 Å². The number of carbonyl (C=O) groups excluding carboxylic acids is 1. The van der Waals surface area contributed by atoms with E-state index in [1.807, 2.05) is 35.8 Å². The van der Waals surface area contributed by atoms with E-state index in [0.717, 1.165) is 27.2 Å². The number of thioether (sulfide) groups is 2. The van der Waals surface area contributed by atoms with Gasteiger partial charge in [0, 0.05) is 23.7 Å². The maximum atomic E-state index is 12.3. The van der Waals surface area contributed by atoms with Crippen LogP contribution in [0.15, 0.2) is 46.4 Å². The summed E-state index contributed by atoms with van der Waals surface area (Å²) in [6.45, 7) is 6.39. The summed E-state index contributed by atoms with van der Waals surface area (Å²) in [5.41, 5.74) is 1.03. The van der Waals surface area contributed by atoms with Gasteiger partial charge in [0.2, 0.25) is 11.0 Å². The first-order valence-electron chi connectivity index (χ1n) is 8.76. The second-order valence-corrected chi connectivity index (χ2v) is 9.29. The van der Waals surface area contributed by atoms with Crippen LogP contribution in [0.3, 0.4) is 0 Å². The van der Waals surface area contributed by atoms with Gasteiger partial charge in [0.05, 0.1) is 5.75 Å². The molecule has 0 fully saturated rings. The number of nitrogens with one attached hydrogen (secondary N) is 1. The van der Waals surface area contributed by atoms with Crippen LogP contribution >= 0.6 is 46.5 Å². The summed E-state index contributed by atoms with van der Waals surface area (Å²) in [6, 6.07) is 7.69. The Balaban J connectivity index is 1.51. The van der Waals surface area contributed by atoms with Crippen LogP contribution < -0.4 is 5.32 Å². The van der Waals surface area contributed by atoms with E-state index in [1.165, 1.54) is 34.9 Å². The minimum absolute atomic E-state index is 0.167. The number of hydrogen-bond donors (Lipinski definition) is 1. The van der Waals surface area contributed by atoms with Gasteiger partial charge in [0.25, 0.3) is 0 Å². The number of rotatable bonds is 10. The SMILES string of the molecule is C=CCn1c(CC)nnc1SCC(=O)Nc1nnc(SCc2ccccc2Cl)s1. The topological polar surface area (TPSA) is 85.6 Å². The van der Waals surface area contributed by atoms with Gasteiger partial charge < -0.3 is 4.57 Å². The molecule has 1 aromatic carbocycles. The van der Waals surface area contributed by atoms with Gasteiger partial charge in [-0.3, -0.25) is 10.1 Å². The number of carbonyl (C=O) groups is 1. The summed E-state index contributed by atoms with van der Waals surface area (Å²) in [4.78, 5) is 12.3. The lowest BCUT2D eigenvalue weighted by molar-refractivity contribution is -0.113. The fourth-order valence-electron chi connectivity index (χ4n) is 2.36. The van der Waals surface area contributed by atoms with Crippen molar-refractivity contribution in [3.8, 4) is 0 Å². The summed E-state index contributed by atoms with van der Waals surface area (Å²) >= 11 is 10.4. The Labute approximate surface area is 186 Å². The molecule has 0 unspecified atom stereocenters. The van der Waals surface area contributed by atoms with Gasteiger partial charge in [0.15, 0.2) is 9.50 Å². The van der Waals surface area contributed by atoms with Gasteiger partial charge in [-0.2, -0.15) is 0 Å². The molecule has 0 saturated heterocycles. The standard InChI is InChI=1S/C18H19ClN6OS3/c1-3-9-25-14(4-2)21-23-17(25)27-11-15(26)20-16-22-24-18(29-16)28-10-12-7-5-6-8-13(12)19/h3,5-8H,1,4,9-11H2,2H3,(H,20,22,26). The number of anilines is 1. The van der Waals surface area contributed by atoms with Gasteiger partial charge in [-0.25, -0.2) is 0 Å². The Morgan fingerprint density at radius 2 is 2.10 bits per heavy atom. The number of hydrogen-bond acceptors (Lipinski definition) is 8. The van der Waals surface area contributed by atoms with Crippen LogP contribution in [-0.2, 0) is 23.5 Å². The van der Waals surface area contributed by atoms with E-state index in [-0.39, 0.29) is 11.7 Å². The molecule has 2 heterocycles. The highest BCUT2D eigenvalue weighted by Crippen LogP contribution is 2.30. The first-order chi connectivity index (χ1) is 14.1. The van der Waals surface area contributed by atoms with E-state index in [2.05, 4.69) is 32.3 Å². The molecule has 0 radical (unpaired) electrons. The van der Waals surface area contributed by atoms with E-state index >= 15 is 0 Å². The minimum atomic E-state index is -0.167. The molecular formula is C18H19ClN6OS3. The molecule has 29 heavy (non-hydrogen) atoms. The van der Waals surface area contributed by atoms with Crippen LogP contribution in [-0.4, -0.2) is 36.6 Å². The van der Waals surface area contributed by atoms with E-state index in [9.17, 15) is 4.79 Å². The molecule has 3 rings (SSSR count). The summed E-state index contributed by atoms with van der Waals surface area (Å²) in [5, 5.41) is 21.1. The van der Waals surface area contributed by atoms with Crippen molar-refractivity contribution in [1.82, 2.24) is 25.0 Å². The quantitative estimate of drug-likeness (QED) is 0.266. The lowest BCUT2D eigenvalue weighted by atomic mass is 10.2. The van der Waals surface area contributed by atoms with Gasteiger partial charge in [-0.15, -0.1) is 27.0 Å². The van der Waals surface area contributed by atoms with E-state index < -0.39 is 0 Å². The van der Waals surface area contributed by atoms with Crippen LogP contribution in [0, 0.1) is 0 Å². The zero-order chi connectivity index (χ0) is 20.6. The Morgan fingerprint density at radius 3 is 2.86 bits per heavy atom. The molecule has 152 valence electrons. The van der Waals surface area contributed by atoms with E-state index in [0.29, 0.717) is 22.6 Å². The maximum Gasteiger partial charge on any atom is 0.236 e. The van der Waals surface area contributed by atoms with Crippen LogP contribution in [0.1, 0.15) is 18.3 Å². The van der Waals surface area contributed by atoms with Crippen molar-refractivity contribution in [3.05, 3.63) is 53.3 Å². The second kappa shape index (κ2) is 10.8. The number of allylic oxidation sites excluding steroid dienone is 1. The first-order valence-corrected chi connectivity index (χ1v) is 11.9. The number of benzene rings is 1. The zero-order valence-corrected chi connectivity index (χ0v) is 18.9. The molecule has 7 nitrogen and oxygen atoms in total. The van der Waals surface area contributed by atoms with E-state index in [1.54, 1.807) is 6.08 Å². The smallest absolute Gasteiger partial charge is 0.236 e. The molecule has 0 aliphatic carbocycles. The highest BCUT2D eigenvalue weighted by molar-refractivity contribution is 8.00. The average molecular weight is 467 g/mol. The molecule has 0 bridgehead atoms. The zero-order valence-electron chi connectivity index (χ0n) is 15.7. The molecule has 11 heteroatoms. The average Bonchev–Trinajstić information content (AvgIpc) is 3.32. The third kappa shape index (κ3) is 6.05. The largest absolute Gasteiger partial charge is 0.302 e. The van der Waals surface area contributed by atoms with E-state index in [4.69, 9.17) is 11.6 Å². The molecule has 1 amide bonds. The van der Waals surface area contributed by atoms with Crippen molar-refractivity contribution < 1.29 is 4.79 Å². The molecule has 0 aliphatic rings. The summed E-state index contributed by atoms with van der Waals surface area (Å²) in [6.07, 6.45) is 2.56. The van der Waals surface area contributed by atoms with Gasteiger partial charge in [-0.1, -0.05) is 77.7 Å². The summed E-state index contributed by atoms with van der Waals surface area (Å²) < 4.78 is 2.73. The van der Waals surface area contributed by atoms with Crippen LogP contribution in [0.2, 0.25) is 5.02 Å². The maximum absolute atomic E-state index is 12.3. The Kier molecular flexibility index (Phi) is 8.10. The Morgan fingerprint density at radius 1 is 1.28 bits per heavy atom. The lowest BCUT2D eigenvalue weighted by Gasteiger charge is -2.06. The summed E-state index contributed by atoms with van der Waals surface area (Å²) in [7, 11) is 0. The van der Waals surface area contributed by atoms with Gasteiger partial charge >= 0.3 is 0 Å². The molecular weight excluding hydrogens is 448 g/mol. The summed E-state index contributed by atoms with van der Waals surface area (Å²) in [5.74, 6) is 1.61. The lowest BCUT2D eigenvalue weighted by Crippen LogP contribution is -2.14. The Hall–Kier alpha value is -1.88. The molecule has 0 spiro atoms. The van der Waals surface area contributed by atoms with Crippen molar-refractivity contribution in [2.75, 3.05) is 11.1 Å². The van der Waals surface area contributed by atoms with Gasteiger partial charge in [0.1, 0.15) is 5.82 Å². The fraction of sp³-hybridized carbons (Fsp3) is 0.278. The predicted molar refractivity (Wildman–Crippen MR) is 120 cm³/mol.